The highest BCUT2D eigenvalue weighted by Crippen LogP contribution is 2.33. The number of Topliss-reactive ketones (excluding diaryl/α,β-unsaturated/α-hetero) is 1. The highest BCUT2D eigenvalue weighted by molar-refractivity contribution is 5.82. The first kappa shape index (κ1) is 15.2. The minimum atomic E-state index is -0.254. The summed E-state index contributed by atoms with van der Waals surface area (Å²) in [6.07, 6.45) is 3.97. The summed E-state index contributed by atoms with van der Waals surface area (Å²) in [4.78, 5) is 14.3. The molecule has 1 aromatic rings. The number of likely N-dealkylation sites (tertiary alicyclic amines) is 1. The average Bonchev–Trinajstić information content (AvgIpc) is 2.44. The lowest BCUT2D eigenvalue weighted by atomic mass is 9.78. The maximum atomic E-state index is 12.8. The van der Waals surface area contributed by atoms with Gasteiger partial charge in [-0.2, -0.15) is 0 Å². The number of carbonyl (C=O) groups excluding carboxylic acids is 1. The molecule has 0 radical (unpaired) electrons. The highest BCUT2D eigenvalue weighted by Gasteiger charge is 2.28. The molecule has 1 aliphatic rings. The van der Waals surface area contributed by atoms with Crippen molar-refractivity contribution in [3.63, 3.8) is 0 Å². The second kappa shape index (κ2) is 6.49. The maximum Gasteiger partial charge on any atom is 0.151 e. The van der Waals surface area contributed by atoms with Gasteiger partial charge in [-0.25, -0.2) is 4.39 Å². The van der Waals surface area contributed by atoms with E-state index in [0.717, 1.165) is 18.7 Å². The molecule has 2 rings (SSSR count). The van der Waals surface area contributed by atoms with Crippen LogP contribution in [0, 0.1) is 11.2 Å². The van der Waals surface area contributed by atoms with E-state index in [1.807, 2.05) is 0 Å². The van der Waals surface area contributed by atoms with Crippen molar-refractivity contribution >= 4 is 5.78 Å². The minimum absolute atomic E-state index is 0.219. The lowest BCUT2D eigenvalue weighted by Crippen LogP contribution is -2.41. The minimum Gasteiger partial charge on any atom is -0.298 e. The van der Waals surface area contributed by atoms with Crippen LogP contribution >= 0.6 is 0 Å². The molecule has 1 heterocycles. The van der Waals surface area contributed by atoms with Gasteiger partial charge in [0.2, 0.25) is 0 Å². The zero-order valence-corrected chi connectivity index (χ0v) is 12.5. The topological polar surface area (TPSA) is 20.3 Å². The summed E-state index contributed by atoms with van der Waals surface area (Å²) in [5, 5.41) is 0. The number of halogens is 1. The standard InChI is InChI=1S/C17H24FNO/c1-3-17(2)8-10-19(11-9-17)13-16(20)12-14-4-6-15(18)7-5-14/h4-7H,3,8-13H2,1-2H3. The van der Waals surface area contributed by atoms with Gasteiger partial charge in [-0.3, -0.25) is 9.69 Å². The van der Waals surface area contributed by atoms with Crippen molar-refractivity contribution in [1.29, 1.82) is 0 Å². The highest BCUT2D eigenvalue weighted by atomic mass is 19.1. The molecule has 2 nitrogen and oxygen atoms in total. The third-order valence-electron chi connectivity index (χ3n) is 4.63. The number of ketones is 1. The quantitative estimate of drug-likeness (QED) is 0.821. The average molecular weight is 277 g/mol. The van der Waals surface area contributed by atoms with Crippen molar-refractivity contribution in [2.24, 2.45) is 5.41 Å². The summed E-state index contributed by atoms with van der Waals surface area (Å²) in [7, 11) is 0. The van der Waals surface area contributed by atoms with E-state index in [0.29, 0.717) is 18.4 Å². The molecule has 1 saturated heterocycles. The van der Waals surface area contributed by atoms with Crippen LogP contribution in [0.1, 0.15) is 38.7 Å². The van der Waals surface area contributed by atoms with Crippen LogP contribution in [0.5, 0.6) is 0 Å². The third kappa shape index (κ3) is 4.14. The third-order valence-corrected chi connectivity index (χ3v) is 4.63. The summed E-state index contributed by atoms with van der Waals surface area (Å²) in [5.41, 5.74) is 1.35. The van der Waals surface area contributed by atoms with E-state index in [4.69, 9.17) is 0 Å². The van der Waals surface area contributed by atoms with Gasteiger partial charge < -0.3 is 0 Å². The Balaban J connectivity index is 1.79. The number of hydrogen-bond donors (Lipinski definition) is 0. The van der Waals surface area contributed by atoms with Crippen LogP contribution in [-0.4, -0.2) is 30.3 Å². The Kier molecular flexibility index (Phi) is 4.92. The van der Waals surface area contributed by atoms with Gasteiger partial charge in [0.15, 0.2) is 5.78 Å². The van der Waals surface area contributed by atoms with Crippen molar-refractivity contribution in [3.8, 4) is 0 Å². The molecule has 0 aromatic heterocycles. The van der Waals surface area contributed by atoms with Crippen LogP contribution in [0.25, 0.3) is 0 Å². The van der Waals surface area contributed by atoms with Gasteiger partial charge in [-0.1, -0.05) is 32.4 Å². The molecule has 0 N–H and O–H groups in total. The van der Waals surface area contributed by atoms with Crippen LogP contribution in [0.15, 0.2) is 24.3 Å². The Labute approximate surface area is 121 Å². The predicted octanol–water partition coefficient (Wildman–Crippen LogP) is 3.45. The van der Waals surface area contributed by atoms with E-state index in [-0.39, 0.29) is 11.6 Å². The molecule has 1 aromatic carbocycles. The number of rotatable bonds is 5. The van der Waals surface area contributed by atoms with E-state index in [9.17, 15) is 9.18 Å². The molecule has 110 valence electrons. The number of carbonyl (C=O) groups is 1. The van der Waals surface area contributed by atoms with Gasteiger partial charge in [0, 0.05) is 6.42 Å². The van der Waals surface area contributed by atoms with E-state index < -0.39 is 0 Å². The predicted molar refractivity (Wildman–Crippen MR) is 79.2 cm³/mol. The van der Waals surface area contributed by atoms with Crippen LogP contribution in [0.2, 0.25) is 0 Å². The van der Waals surface area contributed by atoms with Gasteiger partial charge in [-0.05, 0) is 49.0 Å². The van der Waals surface area contributed by atoms with Gasteiger partial charge >= 0.3 is 0 Å². The van der Waals surface area contributed by atoms with Crippen LogP contribution < -0.4 is 0 Å². The zero-order valence-electron chi connectivity index (χ0n) is 12.5. The van der Waals surface area contributed by atoms with Crippen molar-refractivity contribution in [2.75, 3.05) is 19.6 Å². The summed E-state index contributed by atoms with van der Waals surface area (Å²) >= 11 is 0. The van der Waals surface area contributed by atoms with E-state index in [2.05, 4.69) is 18.7 Å². The second-order valence-electron chi connectivity index (χ2n) is 6.28. The number of hydrogen-bond acceptors (Lipinski definition) is 2. The molecule has 0 amide bonds. The number of nitrogens with zero attached hydrogens (tertiary/aromatic N) is 1. The van der Waals surface area contributed by atoms with E-state index >= 15 is 0 Å². The van der Waals surface area contributed by atoms with Crippen molar-refractivity contribution in [2.45, 2.75) is 39.5 Å². The molecule has 3 heteroatoms. The van der Waals surface area contributed by atoms with Crippen LogP contribution in [0.3, 0.4) is 0 Å². The van der Waals surface area contributed by atoms with Gasteiger partial charge in [-0.15, -0.1) is 0 Å². The Morgan fingerprint density at radius 3 is 2.40 bits per heavy atom. The van der Waals surface area contributed by atoms with Gasteiger partial charge in [0.05, 0.1) is 6.54 Å². The first-order valence-electron chi connectivity index (χ1n) is 7.49. The lowest BCUT2D eigenvalue weighted by Gasteiger charge is -2.38. The van der Waals surface area contributed by atoms with Gasteiger partial charge in [0.1, 0.15) is 5.82 Å². The molecule has 0 spiro atoms. The fourth-order valence-corrected chi connectivity index (χ4v) is 2.74. The monoisotopic (exact) mass is 277 g/mol. The zero-order chi connectivity index (χ0) is 14.6. The number of benzene rings is 1. The molecule has 20 heavy (non-hydrogen) atoms. The Bertz CT molecular complexity index is 447. The Hall–Kier alpha value is -1.22. The van der Waals surface area contributed by atoms with E-state index in [1.54, 1.807) is 12.1 Å². The summed E-state index contributed by atoms with van der Waals surface area (Å²) < 4.78 is 12.8. The molecule has 0 unspecified atom stereocenters. The molecule has 0 bridgehead atoms. The van der Waals surface area contributed by atoms with Crippen molar-refractivity contribution < 1.29 is 9.18 Å². The van der Waals surface area contributed by atoms with Crippen LogP contribution in [0.4, 0.5) is 4.39 Å². The summed E-state index contributed by atoms with van der Waals surface area (Å²) in [6, 6.07) is 6.21. The SMILES string of the molecule is CCC1(C)CCN(CC(=O)Cc2ccc(F)cc2)CC1. The fourth-order valence-electron chi connectivity index (χ4n) is 2.74. The lowest BCUT2D eigenvalue weighted by molar-refractivity contribution is -0.120. The molecule has 0 atom stereocenters. The summed E-state index contributed by atoms with van der Waals surface area (Å²) in [5.74, 6) is -0.0345. The first-order valence-corrected chi connectivity index (χ1v) is 7.49. The molecule has 1 aliphatic heterocycles. The van der Waals surface area contributed by atoms with Gasteiger partial charge in [0.25, 0.3) is 0 Å². The molecule has 0 aliphatic carbocycles. The Morgan fingerprint density at radius 1 is 1.25 bits per heavy atom. The smallest absolute Gasteiger partial charge is 0.151 e. The molecular formula is C17H24FNO. The first-order chi connectivity index (χ1) is 9.50. The summed E-state index contributed by atoms with van der Waals surface area (Å²) in [6.45, 7) is 7.14. The second-order valence-corrected chi connectivity index (χ2v) is 6.28. The Morgan fingerprint density at radius 2 is 1.85 bits per heavy atom. The molecule has 1 fully saturated rings. The number of piperidine rings is 1. The van der Waals surface area contributed by atoms with Crippen LogP contribution in [-0.2, 0) is 11.2 Å². The van der Waals surface area contributed by atoms with Crippen molar-refractivity contribution in [1.82, 2.24) is 4.90 Å². The van der Waals surface area contributed by atoms with E-state index in [1.165, 1.54) is 31.4 Å². The molecular weight excluding hydrogens is 253 g/mol. The fraction of sp³-hybridized carbons (Fsp3) is 0.588. The van der Waals surface area contributed by atoms with Crippen molar-refractivity contribution in [3.05, 3.63) is 35.6 Å². The normalized spacial score (nSPS) is 18.9. The maximum absolute atomic E-state index is 12.8. The molecule has 0 saturated carbocycles. The largest absolute Gasteiger partial charge is 0.298 e.